The summed E-state index contributed by atoms with van der Waals surface area (Å²) in [6, 6.07) is 38.3. The van der Waals surface area contributed by atoms with Crippen LogP contribution in [0.1, 0.15) is 81.0 Å². The van der Waals surface area contributed by atoms with E-state index in [-0.39, 0.29) is 28.3 Å². The van der Waals surface area contributed by atoms with E-state index in [0.29, 0.717) is 12.4 Å². The minimum absolute atomic E-state index is 0. The molecule has 0 atom stereocenters. The number of methoxy groups -OCH3 is 1. The fourth-order valence-electron chi connectivity index (χ4n) is 5.99. The predicted molar refractivity (Wildman–Crippen MR) is 186 cm³/mol. The SMILES string of the molecule is COC(=O)c1cc(OCCCCCCCCCCCCC[P+](c2ccccc2)(c2ccccc2)c2ccccc2)ccc1O.[Br-]. The number of halogens is 1. The molecule has 0 aliphatic rings. The third kappa shape index (κ3) is 10.7. The first kappa shape index (κ1) is 36.3. The van der Waals surface area contributed by atoms with Gasteiger partial charge in [-0.3, -0.25) is 0 Å². The monoisotopic (exact) mass is 690 g/mol. The Bertz CT molecular complexity index is 1290. The van der Waals surface area contributed by atoms with Gasteiger partial charge in [0.05, 0.1) is 19.9 Å². The standard InChI is InChI=1S/C39H47O4P.BrH/c1-42-39(41)37-32-33(28-29-38(37)40)43-30-20-9-7-5-3-2-4-6-8-10-21-31-44(34-22-14-11-15-23-34,35-24-16-12-17-25-35)36-26-18-13-19-27-36;/h11-19,22-29,32H,2-10,20-21,30-31H2,1H3;1H. The Kier molecular flexibility index (Phi) is 16.2. The van der Waals surface area contributed by atoms with Crippen LogP contribution in [-0.2, 0) is 4.74 Å². The lowest BCUT2D eigenvalue weighted by Gasteiger charge is -2.27. The second-order valence-electron chi connectivity index (χ2n) is 11.4. The van der Waals surface area contributed by atoms with Crippen molar-refractivity contribution < 1.29 is 36.4 Å². The van der Waals surface area contributed by atoms with Gasteiger partial charge in [0, 0.05) is 0 Å². The normalized spacial score (nSPS) is 11.0. The summed E-state index contributed by atoms with van der Waals surface area (Å²) in [5, 5.41) is 14.3. The van der Waals surface area contributed by atoms with Crippen LogP contribution in [0.5, 0.6) is 11.5 Å². The molecule has 0 radical (unpaired) electrons. The number of ether oxygens (including phenoxy) is 2. The van der Waals surface area contributed by atoms with Gasteiger partial charge < -0.3 is 31.6 Å². The molecule has 4 nitrogen and oxygen atoms in total. The first-order valence-corrected chi connectivity index (χ1v) is 18.2. The van der Waals surface area contributed by atoms with Crippen molar-refractivity contribution in [3.8, 4) is 11.5 Å². The molecule has 4 aromatic rings. The minimum atomic E-state index is -1.70. The second kappa shape index (κ2) is 20.1. The minimum Gasteiger partial charge on any atom is -1.00 e. The van der Waals surface area contributed by atoms with E-state index in [4.69, 9.17) is 9.47 Å². The van der Waals surface area contributed by atoms with Crippen LogP contribution in [0.3, 0.4) is 0 Å². The molecular weight excluding hydrogens is 643 g/mol. The maximum absolute atomic E-state index is 11.7. The molecule has 0 spiro atoms. The number of benzene rings is 4. The molecule has 0 unspecified atom stereocenters. The highest BCUT2D eigenvalue weighted by atomic mass is 79.9. The summed E-state index contributed by atoms with van der Waals surface area (Å²) < 4.78 is 10.5. The number of hydrogen-bond acceptors (Lipinski definition) is 4. The van der Waals surface area contributed by atoms with E-state index in [2.05, 4.69) is 91.0 Å². The largest absolute Gasteiger partial charge is 1.00 e. The van der Waals surface area contributed by atoms with Crippen molar-refractivity contribution in [2.24, 2.45) is 0 Å². The summed E-state index contributed by atoms with van der Waals surface area (Å²) in [6.45, 7) is 0.605. The number of hydrogen-bond donors (Lipinski definition) is 1. The van der Waals surface area contributed by atoms with Gasteiger partial charge in [-0.15, -0.1) is 0 Å². The average Bonchev–Trinajstić information content (AvgIpc) is 3.08. The zero-order valence-corrected chi connectivity index (χ0v) is 29.1. The maximum atomic E-state index is 11.7. The molecule has 45 heavy (non-hydrogen) atoms. The Morgan fingerprint density at radius 1 is 0.600 bits per heavy atom. The summed E-state index contributed by atoms with van der Waals surface area (Å²) in [7, 11) is -0.402. The number of carbonyl (C=O) groups is 1. The lowest BCUT2D eigenvalue weighted by molar-refractivity contribution is -0.0000254. The van der Waals surface area contributed by atoms with E-state index in [1.54, 1.807) is 6.07 Å². The van der Waals surface area contributed by atoms with Gasteiger partial charge in [-0.2, -0.15) is 0 Å². The molecule has 0 aliphatic carbocycles. The number of aromatic hydroxyl groups is 1. The van der Waals surface area contributed by atoms with E-state index in [1.165, 1.54) is 99.1 Å². The molecule has 0 fully saturated rings. The van der Waals surface area contributed by atoms with Crippen molar-refractivity contribution in [2.45, 2.75) is 70.6 Å². The Morgan fingerprint density at radius 3 is 1.47 bits per heavy atom. The van der Waals surface area contributed by atoms with Gasteiger partial charge in [-0.1, -0.05) is 106 Å². The molecule has 240 valence electrons. The topological polar surface area (TPSA) is 55.8 Å². The van der Waals surface area contributed by atoms with E-state index in [0.717, 1.165) is 12.8 Å². The first-order valence-electron chi connectivity index (χ1n) is 16.2. The lowest BCUT2D eigenvalue weighted by atomic mass is 10.1. The van der Waals surface area contributed by atoms with Crippen LogP contribution in [0.25, 0.3) is 0 Å². The van der Waals surface area contributed by atoms with Crippen molar-refractivity contribution in [3.05, 3.63) is 115 Å². The molecule has 0 bridgehead atoms. The number of phenolic OH excluding ortho intramolecular Hbond substituents is 1. The summed E-state index contributed by atoms with van der Waals surface area (Å²) in [4.78, 5) is 11.7. The molecule has 4 aromatic carbocycles. The van der Waals surface area contributed by atoms with E-state index >= 15 is 0 Å². The van der Waals surface area contributed by atoms with Crippen LogP contribution < -0.4 is 37.6 Å². The molecular formula is C39H48BrO4P. The van der Waals surface area contributed by atoms with Crippen LogP contribution in [0.4, 0.5) is 0 Å². The highest BCUT2D eigenvalue weighted by molar-refractivity contribution is 7.95. The Balaban J connectivity index is 0.00000552. The van der Waals surface area contributed by atoms with Crippen molar-refractivity contribution in [1.82, 2.24) is 0 Å². The smallest absolute Gasteiger partial charge is 0.341 e. The lowest BCUT2D eigenvalue weighted by Crippen LogP contribution is -3.00. The molecule has 0 aliphatic heterocycles. The van der Waals surface area contributed by atoms with Gasteiger partial charge in [0.1, 0.15) is 40.2 Å². The summed E-state index contributed by atoms with van der Waals surface area (Å²) in [6.07, 6.45) is 14.9. The summed E-state index contributed by atoms with van der Waals surface area (Å²) in [5.41, 5.74) is 0.131. The predicted octanol–water partition coefficient (Wildman–Crippen LogP) is 5.85. The van der Waals surface area contributed by atoms with Gasteiger partial charge in [0.25, 0.3) is 0 Å². The fourth-order valence-corrected chi connectivity index (χ4v) is 10.4. The summed E-state index contributed by atoms with van der Waals surface area (Å²) >= 11 is 0. The third-order valence-electron chi connectivity index (χ3n) is 8.37. The van der Waals surface area contributed by atoms with Crippen LogP contribution in [0.2, 0.25) is 0 Å². The first-order chi connectivity index (χ1) is 21.6. The van der Waals surface area contributed by atoms with Crippen molar-refractivity contribution >= 4 is 29.1 Å². The molecule has 0 aromatic heterocycles. The van der Waals surface area contributed by atoms with E-state index in [1.807, 2.05) is 0 Å². The third-order valence-corrected chi connectivity index (χ3v) is 12.9. The van der Waals surface area contributed by atoms with Crippen LogP contribution >= 0.6 is 7.26 Å². The quantitative estimate of drug-likeness (QED) is 0.0763. The molecule has 4 rings (SSSR count). The van der Waals surface area contributed by atoms with Crippen molar-refractivity contribution in [1.29, 1.82) is 0 Å². The maximum Gasteiger partial charge on any atom is 0.341 e. The zero-order valence-electron chi connectivity index (χ0n) is 26.6. The molecule has 0 saturated carbocycles. The number of unbranched alkanes of at least 4 members (excludes halogenated alkanes) is 10. The van der Waals surface area contributed by atoms with Crippen LogP contribution in [0, 0.1) is 0 Å². The number of rotatable bonds is 19. The van der Waals surface area contributed by atoms with Crippen LogP contribution in [-0.4, -0.2) is 31.0 Å². The number of phenols is 1. The Labute approximate surface area is 281 Å². The number of esters is 1. The Hall–Kier alpha value is -3.14. The second-order valence-corrected chi connectivity index (χ2v) is 15.1. The average molecular weight is 692 g/mol. The molecule has 0 amide bonds. The summed E-state index contributed by atoms with van der Waals surface area (Å²) in [5.74, 6) is -0.0804. The molecule has 0 heterocycles. The fraction of sp³-hybridized carbons (Fsp3) is 0.359. The van der Waals surface area contributed by atoms with Crippen molar-refractivity contribution in [2.75, 3.05) is 19.9 Å². The molecule has 1 N–H and O–H groups in total. The Morgan fingerprint density at radius 2 is 1.02 bits per heavy atom. The van der Waals surface area contributed by atoms with Gasteiger partial charge in [0.2, 0.25) is 0 Å². The highest BCUT2D eigenvalue weighted by Crippen LogP contribution is 2.56. The van der Waals surface area contributed by atoms with Gasteiger partial charge >= 0.3 is 5.97 Å². The van der Waals surface area contributed by atoms with Crippen LogP contribution in [0.15, 0.2) is 109 Å². The highest BCUT2D eigenvalue weighted by Gasteiger charge is 2.44. The van der Waals surface area contributed by atoms with E-state index in [9.17, 15) is 9.90 Å². The van der Waals surface area contributed by atoms with Gasteiger partial charge in [-0.25, -0.2) is 4.79 Å². The molecule has 0 saturated heterocycles. The van der Waals surface area contributed by atoms with Crippen molar-refractivity contribution in [3.63, 3.8) is 0 Å². The zero-order chi connectivity index (χ0) is 30.9. The molecule has 6 heteroatoms. The van der Waals surface area contributed by atoms with Gasteiger partial charge in [0.15, 0.2) is 0 Å². The number of carbonyl (C=O) groups excluding carboxylic acids is 1. The van der Waals surface area contributed by atoms with E-state index < -0.39 is 13.2 Å². The van der Waals surface area contributed by atoms with Gasteiger partial charge in [-0.05, 0) is 73.9 Å².